The van der Waals surface area contributed by atoms with Crippen LogP contribution in [0.1, 0.15) is 12.5 Å². The van der Waals surface area contributed by atoms with Crippen molar-refractivity contribution in [2.75, 3.05) is 12.4 Å². The lowest BCUT2D eigenvalue weighted by Crippen LogP contribution is -2.11. The molecule has 0 aliphatic rings. The molecule has 0 saturated heterocycles. The van der Waals surface area contributed by atoms with Gasteiger partial charge in [-0.1, -0.05) is 30.3 Å². The lowest BCUT2D eigenvalue weighted by molar-refractivity contribution is -0.114. The van der Waals surface area contributed by atoms with Gasteiger partial charge >= 0.3 is 0 Å². The van der Waals surface area contributed by atoms with E-state index in [1.165, 1.54) is 6.92 Å². The summed E-state index contributed by atoms with van der Waals surface area (Å²) in [4.78, 5) is 15.9. The summed E-state index contributed by atoms with van der Waals surface area (Å²) >= 11 is 0. The van der Waals surface area contributed by atoms with Crippen LogP contribution in [0.5, 0.6) is 5.75 Å². The number of fused-ring (bicyclic) bond motifs is 3. The molecule has 1 amide bonds. The number of nitrogens with one attached hydrogen (secondary N) is 1. The zero-order valence-electron chi connectivity index (χ0n) is 14.4. The zero-order chi connectivity index (χ0) is 18.1. The summed E-state index contributed by atoms with van der Waals surface area (Å²) < 4.78 is 7.41. The van der Waals surface area contributed by atoms with Crippen LogP contribution < -0.4 is 10.1 Å². The monoisotopic (exact) mass is 347 g/mol. The molecule has 7 nitrogen and oxygen atoms in total. The second-order valence-electron chi connectivity index (χ2n) is 5.94. The van der Waals surface area contributed by atoms with Gasteiger partial charge in [0, 0.05) is 18.9 Å². The van der Waals surface area contributed by atoms with E-state index in [0.29, 0.717) is 17.7 Å². The predicted octanol–water partition coefficient (Wildman–Crippen LogP) is 2.99. The number of methoxy groups -OCH3 is 1. The van der Waals surface area contributed by atoms with Crippen molar-refractivity contribution in [3.63, 3.8) is 0 Å². The lowest BCUT2D eigenvalue weighted by Gasteiger charge is -2.07. The van der Waals surface area contributed by atoms with Crippen LogP contribution in [0.25, 0.3) is 22.1 Å². The van der Waals surface area contributed by atoms with Gasteiger partial charge in [0.1, 0.15) is 11.3 Å². The number of nitrogens with zero attached hydrogens (tertiary/aromatic N) is 4. The van der Waals surface area contributed by atoms with Crippen LogP contribution in [-0.2, 0) is 11.3 Å². The summed E-state index contributed by atoms with van der Waals surface area (Å²) in [6.07, 6.45) is 0. The molecule has 0 atom stereocenters. The summed E-state index contributed by atoms with van der Waals surface area (Å²) in [5, 5.41) is 11.8. The highest BCUT2D eigenvalue weighted by atomic mass is 16.5. The second-order valence-corrected chi connectivity index (χ2v) is 5.94. The smallest absolute Gasteiger partial charge is 0.251 e. The Labute approximate surface area is 149 Å². The molecule has 2 aromatic heterocycles. The molecule has 0 bridgehead atoms. The fraction of sp³-hybridized carbons (Fsp3) is 0.158. The molecular formula is C19H17N5O2. The van der Waals surface area contributed by atoms with Crippen LogP contribution in [0.3, 0.4) is 0 Å². The zero-order valence-corrected chi connectivity index (χ0v) is 14.4. The van der Waals surface area contributed by atoms with Crippen LogP contribution in [0, 0.1) is 0 Å². The number of amides is 1. The van der Waals surface area contributed by atoms with E-state index >= 15 is 0 Å². The molecular weight excluding hydrogens is 330 g/mol. The summed E-state index contributed by atoms with van der Waals surface area (Å²) in [6, 6.07) is 15.9. The molecule has 4 rings (SSSR count). The highest BCUT2D eigenvalue weighted by Gasteiger charge is 2.16. The van der Waals surface area contributed by atoms with Gasteiger partial charge in [0.05, 0.1) is 12.6 Å². The van der Waals surface area contributed by atoms with Gasteiger partial charge in [-0.15, -0.1) is 10.2 Å². The molecule has 0 spiro atoms. The molecule has 0 aliphatic carbocycles. The fourth-order valence-electron chi connectivity index (χ4n) is 3.00. The van der Waals surface area contributed by atoms with Crippen LogP contribution >= 0.6 is 0 Å². The molecule has 7 heteroatoms. The van der Waals surface area contributed by atoms with E-state index in [1.54, 1.807) is 7.11 Å². The number of aromatic nitrogens is 4. The lowest BCUT2D eigenvalue weighted by atomic mass is 10.2. The summed E-state index contributed by atoms with van der Waals surface area (Å²) in [7, 11) is 1.63. The molecule has 0 aliphatic heterocycles. The number of hydrogen-bond donors (Lipinski definition) is 1. The van der Waals surface area contributed by atoms with E-state index in [2.05, 4.69) is 37.2 Å². The molecule has 0 fully saturated rings. The topological polar surface area (TPSA) is 81.9 Å². The number of carbonyl (C=O) groups is 1. The highest BCUT2D eigenvalue weighted by Crippen LogP contribution is 2.30. The average molecular weight is 347 g/mol. The van der Waals surface area contributed by atoms with Gasteiger partial charge in [0.25, 0.3) is 5.95 Å². The first-order valence-electron chi connectivity index (χ1n) is 8.18. The number of hydrogen-bond acceptors (Lipinski definition) is 5. The van der Waals surface area contributed by atoms with E-state index in [1.807, 2.05) is 36.4 Å². The maximum Gasteiger partial charge on any atom is 0.251 e. The SMILES string of the molecule is COc1ccc2c(c1)c1nnc(NC(C)=O)nc1n2Cc1ccccc1. The average Bonchev–Trinajstić information content (AvgIpc) is 2.94. The molecule has 4 aromatic rings. The Bertz CT molecular complexity index is 1110. The Kier molecular flexibility index (Phi) is 3.96. The molecule has 0 unspecified atom stereocenters. The van der Waals surface area contributed by atoms with E-state index < -0.39 is 0 Å². The van der Waals surface area contributed by atoms with Crippen LogP contribution in [0.4, 0.5) is 5.95 Å². The first-order valence-corrected chi connectivity index (χ1v) is 8.18. The maximum absolute atomic E-state index is 11.3. The predicted molar refractivity (Wildman–Crippen MR) is 99.2 cm³/mol. The van der Waals surface area contributed by atoms with Crippen LogP contribution in [0.2, 0.25) is 0 Å². The molecule has 0 saturated carbocycles. The van der Waals surface area contributed by atoms with Crippen molar-refractivity contribution in [1.29, 1.82) is 0 Å². The Balaban J connectivity index is 1.96. The summed E-state index contributed by atoms with van der Waals surface area (Å²) in [5.41, 5.74) is 3.45. The molecule has 2 heterocycles. The highest BCUT2D eigenvalue weighted by molar-refractivity contribution is 6.05. The number of ether oxygens (including phenoxy) is 1. The third-order valence-corrected chi connectivity index (χ3v) is 4.14. The number of benzene rings is 2. The Morgan fingerprint density at radius 1 is 1.15 bits per heavy atom. The summed E-state index contributed by atoms with van der Waals surface area (Å²) in [5.74, 6) is 0.691. The minimum Gasteiger partial charge on any atom is -0.497 e. The van der Waals surface area contributed by atoms with Crippen molar-refractivity contribution in [1.82, 2.24) is 19.7 Å². The third kappa shape index (κ3) is 2.83. The van der Waals surface area contributed by atoms with Gasteiger partial charge < -0.3 is 9.30 Å². The Hall–Kier alpha value is -3.48. The van der Waals surface area contributed by atoms with E-state index in [-0.39, 0.29) is 11.9 Å². The van der Waals surface area contributed by atoms with Crippen LogP contribution in [-0.4, -0.2) is 32.8 Å². The first kappa shape index (κ1) is 16.0. The molecule has 0 radical (unpaired) electrons. The fourth-order valence-corrected chi connectivity index (χ4v) is 3.00. The van der Waals surface area contributed by atoms with Gasteiger partial charge in [0.15, 0.2) is 5.65 Å². The van der Waals surface area contributed by atoms with Gasteiger partial charge in [-0.3, -0.25) is 10.1 Å². The molecule has 2 aromatic carbocycles. The van der Waals surface area contributed by atoms with Gasteiger partial charge in [-0.05, 0) is 23.8 Å². The van der Waals surface area contributed by atoms with Gasteiger partial charge in [-0.2, -0.15) is 4.98 Å². The van der Waals surface area contributed by atoms with Gasteiger partial charge in [-0.25, -0.2) is 0 Å². The first-order chi connectivity index (χ1) is 12.7. The van der Waals surface area contributed by atoms with Crippen molar-refractivity contribution in [2.24, 2.45) is 0 Å². The van der Waals surface area contributed by atoms with E-state index in [9.17, 15) is 4.79 Å². The minimum atomic E-state index is -0.237. The second kappa shape index (κ2) is 6.44. The largest absolute Gasteiger partial charge is 0.497 e. The summed E-state index contributed by atoms with van der Waals surface area (Å²) in [6.45, 7) is 2.04. The third-order valence-electron chi connectivity index (χ3n) is 4.14. The normalized spacial score (nSPS) is 11.0. The van der Waals surface area contributed by atoms with Crippen molar-refractivity contribution >= 4 is 33.9 Å². The van der Waals surface area contributed by atoms with E-state index in [4.69, 9.17) is 4.74 Å². The molecule has 1 N–H and O–H groups in total. The number of carbonyl (C=O) groups excluding carboxylic acids is 1. The Morgan fingerprint density at radius 3 is 2.69 bits per heavy atom. The molecule has 130 valence electrons. The van der Waals surface area contributed by atoms with E-state index in [0.717, 1.165) is 22.2 Å². The Morgan fingerprint density at radius 2 is 1.96 bits per heavy atom. The van der Waals surface area contributed by atoms with Crippen molar-refractivity contribution < 1.29 is 9.53 Å². The maximum atomic E-state index is 11.3. The van der Waals surface area contributed by atoms with Crippen molar-refractivity contribution in [2.45, 2.75) is 13.5 Å². The van der Waals surface area contributed by atoms with Crippen LogP contribution in [0.15, 0.2) is 48.5 Å². The number of rotatable bonds is 4. The molecule has 26 heavy (non-hydrogen) atoms. The number of anilines is 1. The quantitative estimate of drug-likeness (QED) is 0.614. The standard InChI is InChI=1S/C19H17N5O2/c1-12(25)20-19-21-18-17(22-23-19)15-10-14(26-2)8-9-16(15)24(18)11-13-6-4-3-5-7-13/h3-10H,11H2,1-2H3,(H,20,21,23,25). The van der Waals surface area contributed by atoms with Crippen molar-refractivity contribution in [3.05, 3.63) is 54.1 Å². The van der Waals surface area contributed by atoms with Crippen molar-refractivity contribution in [3.8, 4) is 5.75 Å². The van der Waals surface area contributed by atoms with Gasteiger partial charge in [0.2, 0.25) is 5.91 Å². The minimum absolute atomic E-state index is 0.189.